The molecule has 2 aromatic carbocycles. The second kappa shape index (κ2) is 9.78. The number of nitrogens with zero attached hydrogens (tertiary/aromatic N) is 1. The van der Waals surface area contributed by atoms with Gasteiger partial charge in [0.25, 0.3) is 0 Å². The van der Waals surface area contributed by atoms with Crippen LogP contribution in [0.3, 0.4) is 0 Å². The third-order valence-electron chi connectivity index (χ3n) is 4.33. The van der Waals surface area contributed by atoms with Crippen LogP contribution in [0.15, 0.2) is 41.4 Å². The van der Waals surface area contributed by atoms with Crippen LogP contribution >= 0.6 is 0 Å². The zero-order chi connectivity index (χ0) is 21.6. The molecule has 0 radical (unpaired) electrons. The number of hydrogen-bond donors (Lipinski definition) is 2. The fourth-order valence-electron chi connectivity index (χ4n) is 2.84. The molecule has 0 saturated heterocycles. The molecule has 1 atom stereocenters. The number of sulfone groups is 1. The third-order valence-corrected chi connectivity index (χ3v) is 5.16. The molecular formula is C20H24F3N3O2S. The molecule has 0 heterocycles. The molecule has 0 saturated carbocycles. The SMILES string of the molecule is CN=C(NCc1cc(F)ccc1CS(C)(=O)=O)NCC(C)c1ccc(F)cc1F. The van der Waals surface area contributed by atoms with Crippen molar-refractivity contribution in [2.45, 2.75) is 25.1 Å². The van der Waals surface area contributed by atoms with Gasteiger partial charge in [-0.15, -0.1) is 0 Å². The highest BCUT2D eigenvalue weighted by Crippen LogP contribution is 2.19. The minimum atomic E-state index is -3.27. The lowest BCUT2D eigenvalue weighted by atomic mass is 10.0. The summed E-state index contributed by atoms with van der Waals surface area (Å²) in [6.45, 7) is 2.26. The van der Waals surface area contributed by atoms with E-state index in [4.69, 9.17) is 0 Å². The van der Waals surface area contributed by atoms with Gasteiger partial charge in [0.05, 0.1) is 5.75 Å². The lowest BCUT2D eigenvalue weighted by Gasteiger charge is -2.18. The zero-order valence-electron chi connectivity index (χ0n) is 16.5. The molecule has 0 aromatic heterocycles. The van der Waals surface area contributed by atoms with Gasteiger partial charge in [0, 0.05) is 38.4 Å². The van der Waals surface area contributed by atoms with Crippen molar-refractivity contribution in [3.05, 3.63) is 70.5 Å². The van der Waals surface area contributed by atoms with Crippen LogP contribution in [0.2, 0.25) is 0 Å². The molecule has 0 aliphatic heterocycles. The Kier molecular flexibility index (Phi) is 7.66. The number of rotatable bonds is 7. The van der Waals surface area contributed by atoms with E-state index in [1.807, 2.05) is 0 Å². The van der Waals surface area contributed by atoms with Crippen molar-refractivity contribution in [3.8, 4) is 0 Å². The smallest absolute Gasteiger partial charge is 0.191 e. The predicted molar refractivity (Wildman–Crippen MR) is 108 cm³/mol. The molecule has 5 nitrogen and oxygen atoms in total. The van der Waals surface area contributed by atoms with Gasteiger partial charge in [-0.25, -0.2) is 21.6 Å². The average Bonchev–Trinajstić information content (AvgIpc) is 2.62. The van der Waals surface area contributed by atoms with E-state index in [0.717, 1.165) is 12.3 Å². The number of halogens is 3. The van der Waals surface area contributed by atoms with E-state index in [9.17, 15) is 21.6 Å². The highest BCUT2D eigenvalue weighted by molar-refractivity contribution is 7.89. The molecular weight excluding hydrogens is 403 g/mol. The van der Waals surface area contributed by atoms with Gasteiger partial charge in [-0.2, -0.15) is 0 Å². The van der Waals surface area contributed by atoms with E-state index in [1.54, 1.807) is 14.0 Å². The Morgan fingerprint density at radius 3 is 2.31 bits per heavy atom. The standard InChI is InChI=1S/C20H24F3N3O2S/c1-13(18-7-6-17(22)9-19(18)23)10-25-20(24-2)26-11-15-8-16(21)5-4-14(15)12-29(3,27)28/h4-9,13H,10-12H2,1-3H3,(H2,24,25,26). The Balaban J connectivity index is 2.01. The number of guanidine groups is 1. The monoisotopic (exact) mass is 427 g/mol. The largest absolute Gasteiger partial charge is 0.356 e. The Bertz CT molecular complexity index is 994. The van der Waals surface area contributed by atoms with Crippen LogP contribution in [0, 0.1) is 17.5 Å². The van der Waals surface area contributed by atoms with Gasteiger partial charge in [0.15, 0.2) is 15.8 Å². The van der Waals surface area contributed by atoms with Crippen LogP contribution in [-0.4, -0.2) is 34.2 Å². The van der Waals surface area contributed by atoms with Gasteiger partial charge < -0.3 is 10.6 Å². The van der Waals surface area contributed by atoms with Crippen molar-refractivity contribution in [2.75, 3.05) is 19.8 Å². The van der Waals surface area contributed by atoms with Crippen LogP contribution in [0.25, 0.3) is 0 Å². The Morgan fingerprint density at radius 2 is 1.69 bits per heavy atom. The number of benzene rings is 2. The maximum Gasteiger partial charge on any atom is 0.191 e. The molecule has 0 fully saturated rings. The van der Waals surface area contributed by atoms with Crippen molar-refractivity contribution in [1.82, 2.24) is 10.6 Å². The molecule has 1 unspecified atom stereocenters. The minimum Gasteiger partial charge on any atom is -0.356 e. The molecule has 9 heteroatoms. The van der Waals surface area contributed by atoms with Crippen molar-refractivity contribution in [1.29, 1.82) is 0 Å². The summed E-state index contributed by atoms with van der Waals surface area (Å²) < 4.78 is 63.7. The van der Waals surface area contributed by atoms with E-state index < -0.39 is 27.3 Å². The lowest BCUT2D eigenvalue weighted by Crippen LogP contribution is -2.39. The van der Waals surface area contributed by atoms with Gasteiger partial charge in [-0.1, -0.05) is 19.1 Å². The molecule has 158 valence electrons. The van der Waals surface area contributed by atoms with Gasteiger partial charge in [0.2, 0.25) is 0 Å². The minimum absolute atomic E-state index is 0.154. The lowest BCUT2D eigenvalue weighted by molar-refractivity contribution is 0.556. The van der Waals surface area contributed by atoms with Crippen LogP contribution in [0.4, 0.5) is 13.2 Å². The van der Waals surface area contributed by atoms with E-state index in [0.29, 0.717) is 29.2 Å². The van der Waals surface area contributed by atoms with Crippen molar-refractivity contribution in [3.63, 3.8) is 0 Å². The molecule has 0 bridgehead atoms. The molecule has 2 rings (SSSR count). The predicted octanol–water partition coefficient (Wildman–Crippen LogP) is 3.12. The normalized spacial score (nSPS) is 13.2. The second-order valence-corrected chi connectivity index (χ2v) is 9.00. The van der Waals surface area contributed by atoms with E-state index in [1.165, 1.54) is 30.3 Å². The first-order valence-electron chi connectivity index (χ1n) is 8.93. The van der Waals surface area contributed by atoms with E-state index in [2.05, 4.69) is 15.6 Å². The van der Waals surface area contributed by atoms with Gasteiger partial charge in [-0.3, -0.25) is 4.99 Å². The second-order valence-electron chi connectivity index (χ2n) is 6.86. The van der Waals surface area contributed by atoms with E-state index >= 15 is 0 Å². The molecule has 29 heavy (non-hydrogen) atoms. The van der Waals surface area contributed by atoms with Crippen molar-refractivity contribution >= 4 is 15.8 Å². The summed E-state index contributed by atoms with van der Waals surface area (Å²) >= 11 is 0. The number of nitrogens with one attached hydrogen (secondary N) is 2. The van der Waals surface area contributed by atoms with Crippen molar-refractivity contribution in [2.24, 2.45) is 4.99 Å². The van der Waals surface area contributed by atoms with Crippen LogP contribution < -0.4 is 10.6 Å². The van der Waals surface area contributed by atoms with E-state index in [-0.39, 0.29) is 18.2 Å². The summed E-state index contributed by atoms with van der Waals surface area (Å²) in [5.74, 6) is -1.80. The Labute approximate surface area is 169 Å². The fraction of sp³-hybridized carbons (Fsp3) is 0.350. The van der Waals surface area contributed by atoms with Gasteiger partial charge in [0.1, 0.15) is 17.5 Å². The Hall–Kier alpha value is -2.55. The average molecular weight is 427 g/mol. The quantitative estimate of drug-likeness (QED) is 0.526. The summed E-state index contributed by atoms with van der Waals surface area (Å²) in [6, 6.07) is 7.38. The molecule has 2 N–H and O–H groups in total. The topological polar surface area (TPSA) is 70.6 Å². The van der Waals surface area contributed by atoms with Gasteiger partial charge in [-0.05, 0) is 34.9 Å². The molecule has 0 aliphatic carbocycles. The van der Waals surface area contributed by atoms with Crippen LogP contribution in [0.5, 0.6) is 0 Å². The molecule has 0 aliphatic rings. The first-order valence-corrected chi connectivity index (χ1v) is 11.0. The Morgan fingerprint density at radius 1 is 1.03 bits per heavy atom. The summed E-state index contributed by atoms with van der Waals surface area (Å²) in [5, 5.41) is 6.02. The third kappa shape index (κ3) is 7.08. The summed E-state index contributed by atoms with van der Waals surface area (Å²) in [4.78, 5) is 4.06. The van der Waals surface area contributed by atoms with Gasteiger partial charge >= 0.3 is 0 Å². The first-order chi connectivity index (χ1) is 13.6. The zero-order valence-corrected chi connectivity index (χ0v) is 17.3. The maximum absolute atomic E-state index is 13.9. The van der Waals surface area contributed by atoms with Crippen LogP contribution in [0.1, 0.15) is 29.5 Å². The highest BCUT2D eigenvalue weighted by atomic mass is 32.2. The summed E-state index contributed by atoms with van der Waals surface area (Å²) in [6.07, 6.45) is 1.12. The highest BCUT2D eigenvalue weighted by Gasteiger charge is 2.14. The number of aliphatic imine (C=N–C) groups is 1. The molecule has 0 spiro atoms. The fourth-order valence-corrected chi connectivity index (χ4v) is 3.69. The first kappa shape index (κ1) is 22.7. The molecule has 0 amide bonds. The number of hydrogen-bond acceptors (Lipinski definition) is 3. The summed E-state index contributed by atoms with van der Waals surface area (Å²) in [5.41, 5.74) is 1.37. The van der Waals surface area contributed by atoms with Crippen molar-refractivity contribution < 1.29 is 21.6 Å². The summed E-state index contributed by atoms with van der Waals surface area (Å²) in [7, 11) is -1.73. The molecule has 2 aromatic rings. The van der Waals surface area contributed by atoms with Crippen LogP contribution in [-0.2, 0) is 22.1 Å². The maximum atomic E-state index is 13.9.